The standard InChI is InChI=1S/C8H17NO3S/c1-8(12,6-13-2)5-9-4-3-7(10)11/h9,12H,3-6H2,1-2H3,(H,10,11). The molecule has 0 aromatic carbocycles. The van der Waals surface area contributed by atoms with Gasteiger partial charge in [-0.15, -0.1) is 0 Å². The molecule has 0 aromatic heterocycles. The van der Waals surface area contributed by atoms with E-state index in [4.69, 9.17) is 5.11 Å². The van der Waals surface area contributed by atoms with E-state index in [1.54, 1.807) is 18.7 Å². The molecule has 0 aliphatic heterocycles. The molecule has 0 heterocycles. The quantitative estimate of drug-likeness (QED) is 0.519. The number of aliphatic carboxylic acids is 1. The molecule has 0 rings (SSSR count). The number of carboxylic acids is 1. The van der Waals surface area contributed by atoms with Crippen LogP contribution < -0.4 is 5.32 Å². The molecule has 4 nitrogen and oxygen atoms in total. The fourth-order valence-corrected chi connectivity index (χ4v) is 1.64. The predicted octanol–water partition coefficient (Wildman–Crippen LogP) is 0.165. The molecule has 1 unspecified atom stereocenters. The number of hydrogen-bond acceptors (Lipinski definition) is 4. The van der Waals surface area contributed by atoms with Crippen LogP contribution in [0.15, 0.2) is 0 Å². The topological polar surface area (TPSA) is 69.6 Å². The van der Waals surface area contributed by atoms with Crippen molar-refractivity contribution in [1.82, 2.24) is 5.32 Å². The summed E-state index contributed by atoms with van der Waals surface area (Å²) in [5.74, 6) is -0.176. The smallest absolute Gasteiger partial charge is 0.304 e. The molecule has 0 saturated carbocycles. The molecule has 13 heavy (non-hydrogen) atoms. The highest BCUT2D eigenvalue weighted by molar-refractivity contribution is 7.98. The Labute approximate surface area is 82.7 Å². The third kappa shape index (κ3) is 8.08. The number of thioether (sulfide) groups is 1. The van der Waals surface area contributed by atoms with Crippen molar-refractivity contribution in [2.24, 2.45) is 0 Å². The summed E-state index contributed by atoms with van der Waals surface area (Å²) >= 11 is 1.57. The minimum atomic E-state index is -0.822. The SMILES string of the molecule is CSCC(C)(O)CNCCC(=O)O. The summed E-state index contributed by atoms with van der Waals surface area (Å²) in [7, 11) is 0. The van der Waals surface area contributed by atoms with E-state index >= 15 is 0 Å². The molecule has 0 radical (unpaired) electrons. The number of rotatable bonds is 7. The van der Waals surface area contributed by atoms with Gasteiger partial charge in [0.1, 0.15) is 0 Å². The van der Waals surface area contributed by atoms with Crippen LogP contribution in [0.2, 0.25) is 0 Å². The van der Waals surface area contributed by atoms with Gasteiger partial charge in [-0.1, -0.05) is 0 Å². The molecule has 0 fully saturated rings. The van der Waals surface area contributed by atoms with Gasteiger partial charge < -0.3 is 15.5 Å². The van der Waals surface area contributed by atoms with Gasteiger partial charge in [0.2, 0.25) is 0 Å². The lowest BCUT2D eigenvalue weighted by Gasteiger charge is -2.22. The van der Waals surface area contributed by atoms with Crippen molar-refractivity contribution >= 4 is 17.7 Å². The van der Waals surface area contributed by atoms with E-state index in [0.29, 0.717) is 18.8 Å². The second kappa shape index (κ2) is 6.23. The molecular weight excluding hydrogens is 190 g/mol. The first-order valence-electron chi connectivity index (χ1n) is 4.12. The van der Waals surface area contributed by atoms with Gasteiger partial charge in [0.05, 0.1) is 12.0 Å². The molecule has 0 saturated heterocycles. The monoisotopic (exact) mass is 207 g/mol. The van der Waals surface area contributed by atoms with Crippen LogP contribution in [0.4, 0.5) is 0 Å². The molecule has 0 bridgehead atoms. The first-order valence-corrected chi connectivity index (χ1v) is 5.51. The molecule has 0 aliphatic carbocycles. The zero-order chi connectivity index (χ0) is 10.3. The first kappa shape index (κ1) is 12.7. The molecule has 78 valence electrons. The lowest BCUT2D eigenvalue weighted by atomic mass is 10.1. The van der Waals surface area contributed by atoms with Crippen molar-refractivity contribution in [1.29, 1.82) is 0 Å². The van der Waals surface area contributed by atoms with Gasteiger partial charge in [-0.2, -0.15) is 11.8 Å². The minimum Gasteiger partial charge on any atom is -0.481 e. The van der Waals surface area contributed by atoms with Gasteiger partial charge >= 0.3 is 5.97 Å². The van der Waals surface area contributed by atoms with E-state index in [1.807, 2.05) is 6.26 Å². The largest absolute Gasteiger partial charge is 0.481 e. The maximum atomic E-state index is 10.1. The summed E-state index contributed by atoms with van der Waals surface area (Å²) < 4.78 is 0. The van der Waals surface area contributed by atoms with Gasteiger partial charge in [-0.25, -0.2) is 0 Å². The lowest BCUT2D eigenvalue weighted by molar-refractivity contribution is -0.136. The van der Waals surface area contributed by atoms with Crippen LogP contribution in [0.1, 0.15) is 13.3 Å². The number of aliphatic hydroxyl groups is 1. The van der Waals surface area contributed by atoms with E-state index in [-0.39, 0.29) is 6.42 Å². The Morgan fingerprint density at radius 3 is 2.69 bits per heavy atom. The van der Waals surface area contributed by atoms with E-state index in [0.717, 1.165) is 0 Å². The highest BCUT2D eigenvalue weighted by atomic mass is 32.2. The van der Waals surface area contributed by atoms with Crippen LogP contribution in [0.5, 0.6) is 0 Å². The zero-order valence-corrected chi connectivity index (χ0v) is 8.86. The maximum Gasteiger partial charge on any atom is 0.304 e. The lowest BCUT2D eigenvalue weighted by Crippen LogP contribution is -2.40. The fraction of sp³-hybridized carbons (Fsp3) is 0.875. The Bertz CT molecular complexity index is 161. The normalized spacial score (nSPS) is 15.3. The predicted molar refractivity (Wildman–Crippen MR) is 54.1 cm³/mol. The number of carboxylic acid groups (broad SMARTS) is 1. The van der Waals surface area contributed by atoms with Gasteiger partial charge in [-0.05, 0) is 13.2 Å². The van der Waals surface area contributed by atoms with Crippen molar-refractivity contribution in [3.05, 3.63) is 0 Å². The van der Waals surface area contributed by atoms with Crippen LogP contribution in [-0.4, -0.2) is 46.9 Å². The van der Waals surface area contributed by atoms with Crippen molar-refractivity contribution < 1.29 is 15.0 Å². The van der Waals surface area contributed by atoms with E-state index in [2.05, 4.69) is 5.32 Å². The first-order chi connectivity index (χ1) is 5.98. The fourth-order valence-electron chi connectivity index (χ4n) is 0.915. The second-order valence-corrected chi connectivity index (χ2v) is 4.12. The number of carbonyl (C=O) groups is 1. The average Bonchev–Trinajstić information content (AvgIpc) is 1.98. The molecule has 3 N–H and O–H groups in total. The third-order valence-electron chi connectivity index (χ3n) is 1.48. The van der Waals surface area contributed by atoms with E-state index in [9.17, 15) is 9.90 Å². The van der Waals surface area contributed by atoms with Gasteiger partial charge in [0.25, 0.3) is 0 Å². The Morgan fingerprint density at radius 2 is 2.23 bits per heavy atom. The van der Waals surface area contributed by atoms with Crippen molar-refractivity contribution in [2.75, 3.05) is 25.1 Å². The highest BCUT2D eigenvalue weighted by Gasteiger charge is 2.18. The van der Waals surface area contributed by atoms with Crippen LogP contribution in [0, 0.1) is 0 Å². The summed E-state index contributed by atoms with van der Waals surface area (Å²) in [4.78, 5) is 10.1. The maximum absolute atomic E-state index is 10.1. The minimum absolute atomic E-state index is 0.0926. The molecule has 1 atom stereocenters. The molecule has 0 amide bonds. The van der Waals surface area contributed by atoms with Crippen LogP contribution in [0.3, 0.4) is 0 Å². The number of nitrogens with one attached hydrogen (secondary N) is 1. The second-order valence-electron chi connectivity index (χ2n) is 3.25. The summed E-state index contributed by atoms with van der Waals surface area (Å²) in [6.07, 6.45) is 2.01. The Balaban J connectivity index is 3.45. The van der Waals surface area contributed by atoms with Crippen LogP contribution in [-0.2, 0) is 4.79 Å². The number of hydrogen-bond donors (Lipinski definition) is 3. The van der Waals surface area contributed by atoms with Gasteiger partial charge in [-0.3, -0.25) is 4.79 Å². The van der Waals surface area contributed by atoms with Crippen LogP contribution >= 0.6 is 11.8 Å². The van der Waals surface area contributed by atoms with Gasteiger partial charge in [0.15, 0.2) is 0 Å². The summed E-state index contributed by atoms with van der Waals surface area (Å²) in [6, 6.07) is 0. The van der Waals surface area contributed by atoms with Crippen molar-refractivity contribution in [3.8, 4) is 0 Å². The molecule has 5 heteroatoms. The van der Waals surface area contributed by atoms with Crippen molar-refractivity contribution in [2.45, 2.75) is 18.9 Å². The van der Waals surface area contributed by atoms with Crippen molar-refractivity contribution in [3.63, 3.8) is 0 Å². The summed E-state index contributed by atoms with van der Waals surface area (Å²) in [6.45, 7) is 2.57. The average molecular weight is 207 g/mol. The zero-order valence-electron chi connectivity index (χ0n) is 8.04. The molecule has 0 spiro atoms. The Hall–Kier alpha value is -0.260. The van der Waals surface area contributed by atoms with Crippen LogP contribution in [0.25, 0.3) is 0 Å². The Morgan fingerprint density at radius 1 is 1.62 bits per heavy atom. The van der Waals surface area contributed by atoms with Gasteiger partial charge in [0, 0.05) is 18.8 Å². The summed E-state index contributed by atoms with van der Waals surface area (Å²) in [5.41, 5.74) is -0.752. The summed E-state index contributed by atoms with van der Waals surface area (Å²) in [5, 5.41) is 20.9. The third-order valence-corrected chi connectivity index (χ3v) is 2.39. The molecule has 0 aromatic rings. The Kier molecular flexibility index (Phi) is 6.11. The molecule has 0 aliphatic rings. The highest BCUT2D eigenvalue weighted by Crippen LogP contribution is 2.08. The molecular formula is C8H17NO3S. The van der Waals surface area contributed by atoms with E-state index in [1.165, 1.54) is 0 Å². The van der Waals surface area contributed by atoms with E-state index < -0.39 is 11.6 Å².